The van der Waals surface area contributed by atoms with Crippen LogP contribution >= 0.6 is 0 Å². The Morgan fingerprint density at radius 3 is 0.727 bits per heavy atom. The van der Waals surface area contributed by atoms with Gasteiger partial charge >= 0.3 is 17.9 Å². The summed E-state index contributed by atoms with van der Waals surface area (Å²) in [6, 6.07) is 0. The van der Waals surface area contributed by atoms with Gasteiger partial charge in [0.1, 0.15) is 13.2 Å². The summed E-state index contributed by atoms with van der Waals surface area (Å²) in [6.45, 7) is 6.68. The van der Waals surface area contributed by atoms with E-state index in [-0.39, 0.29) is 31.1 Å². The third-order valence-corrected chi connectivity index (χ3v) is 15.6. The van der Waals surface area contributed by atoms with Crippen molar-refractivity contribution in [3.8, 4) is 0 Å². The molecule has 0 rings (SSSR count). The van der Waals surface area contributed by atoms with E-state index in [1.165, 1.54) is 270 Å². The van der Waals surface area contributed by atoms with Crippen LogP contribution in [0.25, 0.3) is 0 Å². The van der Waals surface area contributed by atoms with Crippen LogP contribution in [0.1, 0.15) is 380 Å². The van der Waals surface area contributed by atoms with Crippen LogP contribution in [0.5, 0.6) is 0 Å². The van der Waals surface area contributed by atoms with E-state index in [1.807, 2.05) is 0 Å². The molecule has 6 heteroatoms. The van der Waals surface area contributed by atoms with Gasteiger partial charge in [0.25, 0.3) is 0 Å². The van der Waals surface area contributed by atoms with Gasteiger partial charge in [-0.15, -0.1) is 0 Å². The lowest BCUT2D eigenvalue weighted by molar-refractivity contribution is -0.167. The summed E-state index contributed by atoms with van der Waals surface area (Å²) in [6.07, 6.45) is 81.6. The van der Waals surface area contributed by atoms with Gasteiger partial charge in [0.15, 0.2) is 6.10 Å². The van der Waals surface area contributed by atoms with Gasteiger partial charge in [-0.25, -0.2) is 0 Å². The van der Waals surface area contributed by atoms with E-state index in [1.54, 1.807) is 0 Å². The highest BCUT2D eigenvalue weighted by Gasteiger charge is 2.19. The first-order chi connectivity index (χ1) is 38.0. The second kappa shape index (κ2) is 66.1. The number of allylic oxidation sites excluding steroid dienone is 6. The zero-order valence-electron chi connectivity index (χ0n) is 52.0. The maximum absolute atomic E-state index is 12.9. The van der Waals surface area contributed by atoms with Gasteiger partial charge in [-0.3, -0.25) is 14.4 Å². The minimum Gasteiger partial charge on any atom is -0.462 e. The van der Waals surface area contributed by atoms with Crippen molar-refractivity contribution in [2.45, 2.75) is 386 Å². The summed E-state index contributed by atoms with van der Waals surface area (Å²) >= 11 is 0. The van der Waals surface area contributed by atoms with Gasteiger partial charge in [-0.1, -0.05) is 320 Å². The second-order valence-corrected chi connectivity index (χ2v) is 23.4. The molecule has 77 heavy (non-hydrogen) atoms. The minimum atomic E-state index is -0.775. The highest BCUT2D eigenvalue weighted by molar-refractivity contribution is 5.71. The van der Waals surface area contributed by atoms with Gasteiger partial charge < -0.3 is 14.2 Å². The fourth-order valence-corrected chi connectivity index (χ4v) is 10.4. The molecular formula is C71H132O6. The number of unbranched alkanes of at least 4 members (excludes halogenated alkanes) is 47. The molecule has 0 aliphatic heterocycles. The number of carbonyl (C=O) groups is 3. The lowest BCUT2D eigenvalue weighted by Crippen LogP contribution is -2.30. The van der Waals surface area contributed by atoms with Crippen LogP contribution in [-0.2, 0) is 28.6 Å². The molecule has 1 unspecified atom stereocenters. The van der Waals surface area contributed by atoms with Crippen molar-refractivity contribution in [1.82, 2.24) is 0 Å². The Morgan fingerprint density at radius 1 is 0.260 bits per heavy atom. The summed E-state index contributed by atoms with van der Waals surface area (Å²) in [5.41, 5.74) is 0. The minimum absolute atomic E-state index is 0.0713. The van der Waals surface area contributed by atoms with Crippen molar-refractivity contribution in [3.63, 3.8) is 0 Å². The van der Waals surface area contributed by atoms with Crippen molar-refractivity contribution < 1.29 is 28.6 Å². The van der Waals surface area contributed by atoms with Crippen LogP contribution in [0.3, 0.4) is 0 Å². The van der Waals surface area contributed by atoms with Gasteiger partial charge in [-0.2, -0.15) is 0 Å². The van der Waals surface area contributed by atoms with Gasteiger partial charge in [0.2, 0.25) is 0 Å². The van der Waals surface area contributed by atoms with E-state index in [0.717, 1.165) is 70.6 Å². The van der Waals surface area contributed by atoms with E-state index < -0.39 is 6.10 Å². The van der Waals surface area contributed by atoms with Crippen LogP contribution in [0.4, 0.5) is 0 Å². The Hall–Kier alpha value is -2.37. The molecule has 0 aromatic heterocycles. The average molecular weight is 1080 g/mol. The van der Waals surface area contributed by atoms with E-state index in [4.69, 9.17) is 14.2 Å². The molecule has 0 radical (unpaired) electrons. The van der Waals surface area contributed by atoms with Gasteiger partial charge in [-0.05, 0) is 77.0 Å². The molecule has 6 nitrogen and oxygen atoms in total. The van der Waals surface area contributed by atoms with Crippen molar-refractivity contribution in [2.24, 2.45) is 0 Å². The lowest BCUT2D eigenvalue weighted by Gasteiger charge is -2.18. The number of ether oxygens (including phenoxy) is 3. The number of hydrogen-bond acceptors (Lipinski definition) is 6. The van der Waals surface area contributed by atoms with Gasteiger partial charge in [0, 0.05) is 19.3 Å². The molecule has 0 aliphatic rings. The monoisotopic (exact) mass is 1080 g/mol. The molecule has 0 saturated heterocycles. The first kappa shape index (κ1) is 74.6. The standard InChI is InChI=1S/C71H132O6/c1-4-7-10-13-16-19-22-25-28-30-32-34-36-38-39-41-43-46-49-52-55-58-61-64-70(73)76-67-68(66-75-69(72)63-60-57-54-51-48-45-27-24-21-18-15-12-9-6-3)77-71(74)65-62-59-56-53-50-47-44-42-40-37-35-33-31-29-26-23-20-17-14-11-8-5-2/h22,24-25,27,30,32,68H,4-21,23,26,28-29,31,33-67H2,1-3H3/b25-22-,27-24-,32-30-. The predicted octanol–water partition coefficient (Wildman–Crippen LogP) is 23.6. The molecular weight excluding hydrogens is 949 g/mol. The fourth-order valence-electron chi connectivity index (χ4n) is 10.4. The van der Waals surface area contributed by atoms with Crippen molar-refractivity contribution in [1.29, 1.82) is 0 Å². The molecule has 1 atom stereocenters. The normalized spacial score (nSPS) is 12.2. The molecule has 0 saturated carbocycles. The Bertz CT molecular complexity index is 1290. The van der Waals surface area contributed by atoms with E-state index in [0.29, 0.717) is 19.3 Å². The van der Waals surface area contributed by atoms with Crippen molar-refractivity contribution in [2.75, 3.05) is 13.2 Å². The maximum Gasteiger partial charge on any atom is 0.306 e. The smallest absolute Gasteiger partial charge is 0.306 e. The number of carbonyl (C=O) groups excluding carboxylic acids is 3. The highest BCUT2D eigenvalue weighted by atomic mass is 16.6. The number of rotatable bonds is 64. The van der Waals surface area contributed by atoms with Crippen molar-refractivity contribution >= 4 is 17.9 Å². The average Bonchev–Trinajstić information content (AvgIpc) is 3.43. The van der Waals surface area contributed by atoms with Crippen LogP contribution < -0.4 is 0 Å². The van der Waals surface area contributed by atoms with Crippen LogP contribution in [0, 0.1) is 0 Å². The molecule has 0 bridgehead atoms. The van der Waals surface area contributed by atoms with E-state index in [9.17, 15) is 14.4 Å². The van der Waals surface area contributed by atoms with Crippen LogP contribution in [0.2, 0.25) is 0 Å². The molecule has 0 aromatic rings. The zero-order valence-corrected chi connectivity index (χ0v) is 52.0. The summed E-state index contributed by atoms with van der Waals surface area (Å²) in [4.78, 5) is 38.4. The van der Waals surface area contributed by atoms with Gasteiger partial charge in [0.05, 0.1) is 0 Å². The third kappa shape index (κ3) is 64.3. The van der Waals surface area contributed by atoms with E-state index in [2.05, 4.69) is 57.2 Å². The summed E-state index contributed by atoms with van der Waals surface area (Å²) < 4.78 is 17.0. The maximum atomic E-state index is 12.9. The second-order valence-electron chi connectivity index (χ2n) is 23.4. The fraction of sp³-hybridized carbons (Fsp3) is 0.873. The Kier molecular flexibility index (Phi) is 64.1. The summed E-state index contributed by atoms with van der Waals surface area (Å²) in [5, 5.41) is 0. The first-order valence-corrected chi connectivity index (χ1v) is 34.5. The largest absolute Gasteiger partial charge is 0.462 e. The number of esters is 3. The number of hydrogen-bond donors (Lipinski definition) is 0. The molecule has 0 heterocycles. The summed E-state index contributed by atoms with van der Waals surface area (Å²) in [5.74, 6) is -0.854. The van der Waals surface area contributed by atoms with Crippen LogP contribution in [-0.4, -0.2) is 37.2 Å². The molecule has 0 amide bonds. The zero-order chi connectivity index (χ0) is 55.7. The van der Waals surface area contributed by atoms with E-state index >= 15 is 0 Å². The molecule has 452 valence electrons. The third-order valence-electron chi connectivity index (χ3n) is 15.6. The molecule has 0 aromatic carbocycles. The Balaban J connectivity index is 4.28. The molecule has 0 N–H and O–H groups in total. The predicted molar refractivity (Wildman–Crippen MR) is 335 cm³/mol. The molecule has 0 aliphatic carbocycles. The quantitative estimate of drug-likeness (QED) is 0.0261. The highest BCUT2D eigenvalue weighted by Crippen LogP contribution is 2.18. The Morgan fingerprint density at radius 2 is 0.468 bits per heavy atom. The molecule has 0 fully saturated rings. The van der Waals surface area contributed by atoms with Crippen LogP contribution in [0.15, 0.2) is 36.5 Å². The SMILES string of the molecule is CCCCCCC/C=C\C/C=C\CCCCCCCCCCCCCC(=O)OCC(COC(=O)CCCCCCC/C=C\CCCCCCC)OC(=O)CCCCCCCCCCCCCCCCCCCCCCCC. The topological polar surface area (TPSA) is 78.9 Å². The lowest BCUT2D eigenvalue weighted by atomic mass is 10.0. The summed E-state index contributed by atoms with van der Waals surface area (Å²) in [7, 11) is 0. The first-order valence-electron chi connectivity index (χ1n) is 34.5. The Labute approximate surface area is 480 Å². The molecule has 0 spiro atoms. The van der Waals surface area contributed by atoms with Crippen molar-refractivity contribution in [3.05, 3.63) is 36.5 Å².